The Labute approximate surface area is 176 Å². The molecule has 1 aromatic heterocycles. The van der Waals surface area contributed by atoms with E-state index in [4.69, 9.17) is 34.8 Å². The third-order valence-electron chi connectivity index (χ3n) is 3.75. The number of amides is 1. The monoisotopic (exact) mass is 440 g/mol. The fraction of sp³-hybridized carbons (Fsp3) is 0.167. The first-order valence-electron chi connectivity index (χ1n) is 8.05. The molecule has 0 saturated heterocycles. The smallest absolute Gasteiger partial charge is 0.259 e. The summed E-state index contributed by atoms with van der Waals surface area (Å²) in [5, 5.41) is 13.1. The number of thioether (sulfide) groups is 1. The van der Waals surface area contributed by atoms with Crippen LogP contribution in [0.15, 0.2) is 47.6 Å². The molecule has 9 heteroatoms. The summed E-state index contributed by atoms with van der Waals surface area (Å²) in [5.74, 6) is 0.596. The standard InChI is InChI=1S/C18H15Cl3N4OS/c1-2-25-17(22-16(26)13-9-12(19)7-8-15(13)21)23-24-18(25)27-10-11-5-3-4-6-14(11)20/h3-9H,2,10H2,1H3,(H,22,23,26). The van der Waals surface area contributed by atoms with Gasteiger partial charge in [0, 0.05) is 22.3 Å². The lowest BCUT2D eigenvalue weighted by atomic mass is 10.2. The number of nitrogens with zero attached hydrogens (tertiary/aromatic N) is 3. The van der Waals surface area contributed by atoms with Gasteiger partial charge in [-0.15, -0.1) is 10.2 Å². The largest absolute Gasteiger partial charge is 0.290 e. The highest BCUT2D eigenvalue weighted by atomic mass is 35.5. The van der Waals surface area contributed by atoms with E-state index in [2.05, 4.69) is 15.5 Å². The second-order valence-electron chi connectivity index (χ2n) is 5.51. The van der Waals surface area contributed by atoms with Crippen LogP contribution in [-0.2, 0) is 12.3 Å². The van der Waals surface area contributed by atoms with Gasteiger partial charge in [0.2, 0.25) is 5.95 Å². The molecule has 1 N–H and O–H groups in total. The van der Waals surface area contributed by atoms with E-state index in [0.717, 1.165) is 5.56 Å². The van der Waals surface area contributed by atoms with Crippen LogP contribution < -0.4 is 5.32 Å². The summed E-state index contributed by atoms with van der Waals surface area (Å²) in [6.07, 6.45) is 0. The molecule has 1 amide bonds. The zero-order valence-corrected chi connectivity index (χ0v) is 17.3. The first-order chi connectivity index (χ1) is 13.0. The molecule has 2 aromatic carbocycles. The predicted molar refractivity (Wildman–Crippen MR) is 111 cm³/mol. The number of aromatic nitrogens is 3. The lowest BCUT2D eigenvalue weighted by Crippen LogP contribution is -2.16. The molecule has 27 heavy (non-hydrogen) atoms. The quantitative estimate of drug-likeness (QED) is 0.491. The number of rotatable bonds is 6. The first-order valence-corrected chi connectivity index (χ1v) is 10.2. The molecule has 0 fully saturated rings. The van der Waals surface area contributed by atoms with Crippen LogP contribution in [0.4, 0.5) is 5.95 Å². The molecular weight excluding hydrogens is 427 g/mol. The van der Waals surface area contributed by atoms with Gasteiger partial charge in [0.25, 0.3) is 5.91 Å². The summed E-state index contributed by atoms with van der Waals surface area (Å²) in [6.45, 7) is 2.54. The second-order valence-corrected chi connectivity index (χ2v) is 7.70. The molecule has 140 valence electrons. The summed E-state index contributed by atoms with van der Waals surface area (Å²) in [4.78, 5) is 12.5. The predicted octanol–water partition coefficient (Wildman–Crippen LogP) is 5.80. The number of benzene rings is 2. The third kappa shape index (κ3) is 4.76. The van der Waals surface area contributed by atoms with Crippen LogP contribution in [0, 0.1) is 0 Å². The molecule has 0 aliphatic heterocycles. The maximum absolute atomic E-state index is 12.5. The lowest BCUT2D eigenvalue weighted by Gasteiger charge is -2.09. The van der Waals surface area contributed by atoms with Gasteiger partial charge in [-0.2, -0.15) is 0 Å². The van der Waals surface area contributed by atoms with Crippen LogP contribution in [-0.4, -0.2) is 20.7 Å². The van der Waals surface area contributed by atoms with Crippen LogP contribution in [0.25, 0.3) is 0 Å². The summed E-state index contributed by atoms with van der Waals surface area (Å²) in [7, 11) is 0. The molecule has 3 rings (SSSR count). The van der Waals surface area contributed by atoms with Gasteiger partial charge in [0.05, 0.1) is 10.6 Å². The van der Waals surface area contributed by atoms with Gasteiger partial charge in [-0.25, -0.2) is 0 Å². The van der Waals surface area contributed by atoms with Crippen LogP contribution in [0.2, 0.25) is 15.1 Å². The van der Waals surface area contributed by atoms with E-state index in [1.165, 1.54) is 17.8 Å². The number of nitrogens with one attached hydrogen (secondary N) is 1. The highest BCUT2D eigenvalue weighted by Crippen LogP contribution is 2.27. The Kier molecular flexibility index (Phi) is 6.65. The Balaban J connectivity index is 1.76. The van der Waals surface area contributed by atoms with Crippen molar-refractivity contribution < 1.29 is 4.79 Å². The van der Waals surface area contributed by atoms with E-state index in [1.807, 2.05) is 35.8 Å². The Hall–Kier alpha value is -1.73. The minimum atomic E-state index is -0.396. The first kappa shape index (κ1) is 20.0. The van der Waals surface area contributed by atoms with E-state index in [9.17, 15) is 4.79 Å². The lowest BCUT2D eigenvalue weighted by molar-refractivity contribution is 0.102. The number of carbonyl (C=O) groups excluding carboxylic acids is 1. The molecule has 0 aliphatic carbocycles. The molecule has 0 bridgehead atoms. The van der Waals surface area contributed by atoms with E-state index in [0.29, 0.717) is 38.5 Å². The van der Waals surface area contributed by atoms with Crippen molar-refractivity contribution in [2.75, 3.05) is 5.32 Å². The molecule has 0 spiro atoms. The van der Waals surface area contributed by atoms with Crippen molar-refractivity contribution in [3.8, 4) is 0 Å². The van der Waals surface area contributed by atoms with Crippen molar-refractivity contribution in [1.82, 2.24) is 14.8 Å². The van der Waals surface area contributed by atoms with Crippen LogP contribution in [0.5, 0.6) is 0 Å². The van der Waals surface area contributed by atoms with Crippen LogP contribution in [0.1, 0.15) is 22.8 Å². The van der Waals surface area contributed by atoms with E-state index >= 15 is 0 Å². The van der Waals surface area contributed by atoms with Gasteiger partial charge in [0.1, 0.15) is 0 Å². The topological polar surface area (TPSA) is 59.8 Å². The van der Waals surface area contributed by atoms with Gasteiger partial charge in [-0.05, 0) is 36.8 Å². The molecule has 0 radical (unpaired) electrons. The molecule has 0 aliphatic rings. The zero-order chi connectivity index (χ0) is 19.4. The molecule has 3 aromatic rings. The SMILES string of the molecule is CCn1c(NC(=O)c2cc(Cl)ccc2Cl)nnc1SCc1ccccc1Cl. The number of carbonyl (C=O) groups is 1. The van der Waals surface area contributed by atoms with Crippen molar-refractivity contribution in [3.63, 3.8) is 0 Å². The molecule has 0 unspecified atom stereocenters. The van der Waals surface area contributed by atoms with Crippen molar-refractivity contribution in [2.45, 2.75) is 24.4 Å². The van der Waals surface area contributed by atoms with E-state index < -0.39 is 5.91 Å². The second kappa shape index (κ2) is 8.97. The average Bonchev–Trinajstić information content (AvgIpc) is 3.04. The maximum atomic E-state index is 12.5. The minimum Gasteiger partial charge on any atom is -0.290 e. The number of anilines is 1. The Morgan fingerprint density at radius 3 is 2.63 bits per heavy atom. The van der Waals surface area contributed by atoms with Crippen LogP contribution in [0.3, 0.4) is 0 Å². The van der Waals surface area contributed by atoms with Crippen molar-refractivity contribution in [2.24, 2.45) is 0 Å². The van der Waals surface area contributed by atoms with E-state index in [1.54, 1.807) is 12.1 Å². The summed E-state index contributed by atoms with van der Waals surface area (Å²) in [6, 6.07) is 12.4. The number of hydrogen-bond acceptors (Lipinski definition) is 4. The average molecular weight is 442 g/mol. The Morgan fingerprint density at radius 1 is 1.11 bits per heavy atom. The summed E-state index contributed by atoms with van der Waals surface area (Å²) in [5.41, 5.74) is 1.28. The van der Waals surface area contributed by atoms with Crippen LogP contribution >= 0.6 is 46.6 Å². The summed E-state index contributed by atoms with van der Waals surface area (Å²) < 4.78 is 1.82. The van der Waals surface area contributed by atoms with Crippen molar-refractivity contribution in [1.29, 1.82) is 0 Å². The highest BCUT2D eigenvalue weighted by molar-refractivity contribution is 7.98. The normalized spacial score (nSPS) is 10.8. The number of hydrogen-bond donors (Lipinski definition) is 1. The molecule has 0 atom stereocenters. The van der Waals surface area contributed by atoms with Gasteiger partial charge in [-0.1, -0.05) is 64.8 Å². The molecule has 0 saturated carbocycles. The van der Waals surface area contributed by atoms with Gasteiger partial charge < -0.3 is 0 Å². The van der Waals surface area contributed by atoms with Crippen molar-refractivity contribution in [3.05, 3.63) is 68.7 Å². The Bertz CT molecular complexity index is 977. The van der Waals surface area contributed by atoms with Gasteiger partial charge in [0.15, 0.2) is 5.16 Å². The number of halogens is 3. The van der Waals surface area contributed by atoms with Gasteiger partial charge >= 0.3 is 0 Å². The zero-order valence-electron chi connectivity index (χ0n) is 14.2. The van der Waals surface area contributed by atoms with Crippen molar-refractivity contribution >= 4 is 58.4 Å². The molecular formula is C18H15Cl3N4OS. The molecule has 5 nitrogen and oxygen atoms in total. The van der Waals surface area contributed by atoms with Gasteiger partial charge in [-0.3, -0.25) is 14.7 Å². The minimum absolute atomic E-state index is 0.278. The Morgan fingerprint density at radius 2 is 1.89 bits per heavy atom. The third-order valence-corrected chi connectivity index (χ3v) is 5.70. The molecule has 1 heterocycles. The maximum Gasteiger partial charge on any atom is 0.259 e. The fourth-order valence-electron chi connectivity index (χ4n) is 2.37. The van der Waals surface area contributed by atoms with E-state index in [-0.39, 0.29) is 5.56 Å². The summed E-state index contributed by atoms with van der Waals surface area (Å²) >= 11 is 19.7. The highest BCUT2D eigenvalue weighted by Gasteiger charge is 2.17. The fourth-order valence-corrected chi connectivity index (χ4v) is 4.03.